The van der Waals surface area contributed by atoms with Crippen molar-refractivity contribution >= 4 is 5.69 Å². The van der Waals surface area contributed by atoms with E-state index in [1.54, 1.807) is 0 Å². The molecule has 1 aliphatic heterocycles. The van der Waals surface area contributed by atoms with E-state index in [1.165, 1.54) is 28.8 Å². The average molecular weight is 386 g/mol. The Kier molecular flexibility index (Phi) is 5.42. The van der Waals surface area contributed by atoms with Crippen LogP contribution in [0.15, 0.2) is 66.7 Å². The first kappa shape index (κ1) is 19.7. The molecule has 2 N–H and O–H groups in total. The molecule has 1 aromatic heterocycles. The number of para-hydroxylation sites is 1. The maximum Gasteiger partial charge on any atom is 0.0755 e. The van der Waals surface area contributed by atoms with Crippen LogP contribution in [0.2, 0.25) is 0 Å². The minimum Gasteiger partial charge on any atom is -0.382 e. The van der Waals surface area contributed by atoms with Gasteiger partial charge in [-0.3, -0.25) is 4.98 Å². The van der Waals surface area contributed by atoms with Gasteiger partial charge in [0, 0.05) is 22.8 Å². The number of pyridine rings is 1. The lowest BCUT2D eigenvalue weighted by Gasteiger charge is -2.29. The fourth-order valence-electron chi connectivity index (χ4n) is 4.05. The average Bonchev–Trinajstić information content (AvgIpc) is 2.71. The molecular formula is C26H31N3. The number of hydrogen-bond acceptors (Lipinski definition) is 3. The Morgan fingerprint density at radius 1 is 0.966 bits per heavy atom. The summed E-state index contributed by atoms with van der Waals surface area (Å²) in [5.41, 5.74) is 7.10. The van der Waals surface area contributed by atoms with Crippen molar-refractivity contribution in [2.45, 2.75) is 58.2 Å². The fraction of sp³-hybridized carbons (Fsp3) is 0.346. The molecule has 2 heterocycles. The number of nitrogens with zero attached hydrogens (tertiary/aromatic N) is 1. The number of fused-ring (bicyclic) bond motifs is 1. The first-order valence-electron chi connectivity index (χ1n) is 10.6. The highest BCUT2D eigenvalue weighted by molar-refractivity contribution is 5.79. The van der Waals surface area contributed by atoms with Crippen molar-refractivity contribution in [3.05, 3.63) is 83.6 Å². The maximum absolute atomic E-state index is 5.13. The molecule has 0 spiro atoms. The highest BCUT2D eigenvalue weighted by Gasteiger charge is 2.23. The van der Waals surface area contributed by atoms with Gasteiger partial charge in [0.05, 0.1) is 17.4 Å². The van der Waals surface area contributed by atoms with Gasteiger partial charge in [-0.05, 0) is 63.8 Å². The quantitative estimate of drug-likeness (QED) is 0.581. The van der Waals surface area contributed by atoms with Gasteiger partial charge >= 0.3 is 0 Å². The molecule has 0 fully saturated rings. The topological polar surface area (TPSA) is 37.0 Å². The summed E-state index contributed by atoms with van der Waals surface area (Å²) >= 11 is 0. The van der Waals surface area contributed by atoms with E-state index in [0.717, 1.165) is 17.8 Å². The standard InChI is InChI=1S/C26H31N3/c1-18-16-17-20-12-8-13-21(24(20)27-18)22-14-9-15-23(28-22)25(29-26(2,3)4)19-10-6-5-7-11-19/h5-15,18,25,27,29H,16-17H2,1-4H3/t18-,25+/m0/s1. The van der Waals surface area contributed by atoms with Crippen LogP contribution < -0.4 is 10.6 Å². The van der Waals surface area contributed by atoms with Crippen LogP contribution in [0.5, 0.6) is 0 Å². The van der Waals surface area contributed by atoms with Crippen LogP contribution >= 0.6 is 0 Å². The van der Waals surface area contributed by atoms with E-state index in [1.807, 2.05) is 0 Å². The van der Waals surface area contributed by atoms with E-state index < -0.39 is 0 Å². The van der Waals surface area contributed by atoms with Crippen LogP contribution in [-0.4, -0.2) is 16.6 Å². The Hall–Kier alpha value is -2.65. The second-order valence-corrected chi connectivity index (χ2v) is 9.11. The number of rotatable bonds is 4. The molecule has 0 unspecified atom stereocenters. The largest absolute Gasteiger partial charge is 0.382 e. The van der Waals surface area contributed by atoms with Crippen LogP contribution in [0.1, 0.15) is 57.0 Å². The zero-order chi connectivity index (χ0) is 20.4. The number of aromatic nitrogens is 1. The highest BCUT2D eigenvalue weighted by atomic mass is 15.0. The predicted molar refractivity (Wildman–Crippen MR) is 122 cm³/mol. The molecule has 0 bridgehead atoms. The number of hydrogen-bond donors (Lipinski definition) is 2. The number of benzene rings is 2. The molecule has 3 nitrogen and oxygen atoms in total. The minimum absolute atomic E-state index is 0.0267. The maximum atomic E-state index is 5.13. The predicted octanol–water partition coefficient (Wildman–Crippen LogP) is 5.97. The molecule has 4 rings (SSSR count). The Morgan fingerprint density at radius 2 is 1.72 bits per heavy atom. The van der Waals surface area contributed by atoms with Crippen molar-refractivity contribution in [3.63, 3.8) is 0 Å². The normalized spacial score (nSPS) is 17.3. The summed E-state index contributed by atoms with van der Waals surface area (Å²) in [6.07, 6.45) is 2.30. The van der Waals surface area contributed by atoms with Crippen LogP contribution in [0, 0.1) is 0 Å². The second-order valence-electron chi connectivity index (χ2n) is 9.11. The van der Waals surface area contributed by atoms with Crippen molar-refractivity contribution in [1.29, 1.82) is 0 Å². The molecule has 29 heavy (non-hydrogen) atoms. The van der Waals surface area contributed by atoms with Crippen LogP contribution in [0.25, 0.3) is 11.3 Å². The molecular weight excluding hydrogens is 354 g/mol. The Bertz CT molecular complexity index is 973. The van der Waals surface area contributed by atoms with Gasteiger partial charge < -0.3 is 10.6 Å². The molecule has 2 atom stereocenters. The molecule has 150 valence electrons. The summed E-state index contributed by atoms with van der Waals surface area (Å²) in [7, 11) is 0. The van der Waals surface area contributed by atoms with Crippen molar-refractivity contribution in [2.75, 3.05) is 5.32 Å². The first-order chi connectivity index (χ1) is 13.9. The van der Waals surface area contributed by atoms with Gasteiger partial charge in [-0.15, -0.1) is 0 Å². The Balaban J connectivity index is 1.77. The van der Waals surface area contributed by atoms with E-state index in [0.29, 0.717) is 6.04 Å². The van der Waals surface area contributed by atoms with Crippen LogP contribution in [-0.2, 0) is 6.42 Å². The SMILES string of the molecule is C[C@H]1CCc2cccc(-c3cccc([C@H](NC(C)(C)C)c4ccccc4)n3)c2N1. The van der Waals surface area contributed by atoms with Gasteiger partial charge in [0.2, 0.25) is 0 Å². The van der Waals surface area contributed by atoms with Gasteiger partial charge in [0.15, 0.2) is 0 Å². The zero-order valence-electron chi connectivity index (χ0n) is 17.9. The molecule has 0 saturated carbocycles. The van der Waals surface area contributed by atoms with Crippen LogP contribution in [0.3, 0.4) is 0 Å². The minimum atomic E-state index is -0.0267. The monoisotopic (exact) mass is 385 g/mol. The summed E-state index contributed by atoms with van der Waals surface area (Å²) in [5.74, 6) is 0. The van der Waals surface area contributed by atoms with Crippen molar-refractivity contribution in [2.24, 2.45) is 0 Å². The lowest BCUT2D eigenvalue weighted by molar-refractivity contribution is 0.387. The first-order valence-corrected chi connectivity index (χ1v) is 10.6. The summed E-state index contributed by atoms with van der Waals surface area (Å²) in [4.78, 5) is 5.13. The zero-order valence-corrected chi connectivity index (χ0v) is 17.9. The van der Waals surface area contributed by atoms with Gasteiger partial charge in [-0.2, -0.15) is 0 Å². The molecule has 3 heteroatoms. The molecule has 0 aliphatic carbocycles. The fourth-order valence-corrected chi connectivity index (χ4v) is 4.05. The summed E-state index contributed by atoms with van der Waals surface area (Å²) in [6, 6.07) is 24.1. The van der Waals surface area contributed by atoms with Crippen molar-refractivity contribution < 1.29 is 0 Å². The van der Waals surface area contributed by atoms with E-state index in [4.69, 9.17) is 4.98 Å². The van der Waals surface area contributed by atoms with E-state index >= 15 is 0 Å². The van der Waals surface area contributed by atoms with Gasteiger partial charge in [0.1, 0.15) is 0 Å². The van der Waals surface area contributed by atoms with E-state index in [9.17, 15) is 0 Å². The lowest BCUT2D eigenvalue weighted by Crippen LogP contribution is -2.39. The summed E-state index contributed by atoms with van der Waals surface area (Å²) in [6.45, 7) is 8.85. The van der Waals surface area contributed by atoms with E-state index in [2.05, 4.69) is 105 Å². The van der Waals surface area contributed by atoms with Gasteiger partial charge in [-0.1, -0.05) is 54.6 Å². The molecule has 2 aromatic carbocycles. The Morgan fingerprint density at radius 3 is 2.48 bits per heavy atom. The third kappa shape index (κ3) is 4.51. The highest BCUT2D eigenvalue weighted by Crippen LogP contribution is 2.35. The van der Waals surface area contributed by atoms with Crippen LogP contribution in [0.4, 0.5) is 5.69 Å². The third-order valence-electron chi connectivity index (χ3n) is 5.44. The summed E-state index contributed by atoms with van der Waals surface area (Å²) in [5, 5.41) is 7.45. The van der Waals surface area contributed by atoms with Gasteiger partial charge in [-0.25, -0.2) is 0 Å². The molecule has 0 radical (unpaired) electrons. The summed E-state index contributed by atoms with van der Waals surface area (Å²) < 4.78 is 0. The molecule has 3 aromatic rings. The Labute approximate surface area is 174 Å². The smallest absolute Gasteiger partial charge is 0.0755 e. The second kappa shape index (κ2) is 8.00. The third-order valence-corrected chi connectivity index (χ3v) is 5.44. The molecule has 0 saturated heterocycles. The number of aryl methyl sites for hydroxylation is 1. The van der Waals surface area contributed by atoms with E-state index in [-0.39, 0.29) is 11.6 Å². The van der Waals surface area contributed by atoms with Crippen molar-refractivity contribution in [1.82, 2.24) is 10.3 Å². The van der Waals surface area contributed by atoms with Crippen molar-refractivity contribution in [3.8, 4) is 11.3 Å². The lowest BCUT2D eigenvalue weighted by atomic mass is 9.94. The van der Waals surface area contributed by atoms with Gasteiger partial charge in [0.25, 0.3) is 0 Å². The number of anilines is 1. The number of nitrogens with one attached hydrogen (secondary N) is 2. The molecule has 1 aliphatic rings. The molecule has 0 amide bonds.